The Morgan fingerprint density at radius 1 is 1.47 bits per heavy atom. The zero-order chi connectivity index (χ0) is 12.4. The molecule has 2 aromatic rings. The molecule has 17 heavy (non-hydrogen) atoms. The molecular formula is C11H13N5S. The minimum absolute atomic E-state index is 0.0361. The number of aromatic nitrogens is 3. The van der Waals surface area contributed by atoms with Gasteiger partial charge in [-0.05, 0) is 30.8 Å². The molecule has 0 bridgehead atoms. The summed E-state index contributed by atoms with van der Waals surface area (Å²) in [6.45, 7) is 1.85. The fraction of sp³-hybridized carbons (Fsp3) is 0.182. The largest absolute Gasteiger partial charge is 0.384 e. The Balaban J connectivity index is 2.42. The van der Waals surface area contributed by atoms with E-state index in [9.17, 15) is 0 Å². The summed E-state index contributed by atoms with van der Waals surface area (Å²) in [5, 5.41) is 13.6. The number of aryl methyl sites for hydroxylation is 2. The lowest BCUT2D eigenvalue weighted by molar-refractivity contribution is 0.691. The van der Waals surface area contributed by atoms with Crippen LogP contribution in [0.3, 0.4) is 0 Å². The van der Waals surface area contributed by atoms with Gasteiger partial charge < -0.3 is 5.73 Å². The van der Waals surface area contributed by atoms with Crippen LogP contribution in [0.25, 0.3) is 0 Å². The lowest BCUT2D eigenvalue weighted by Crippen LogP contribution is -2.13. The van der Waals surface area contributed by atoms with Crippen molar-refractivity contribution in [1.29, 1.82) is 5.41 Å². The zero-order valence-corrected chi connectivity index (χ0v) is 10.5. The first-order valence-corrected chi connectivity index (χ1v) is 5.88. The van der Waals surface area contributed by atoms with Crippen molar-refractivity contribution >= 4 is 17.6 Å². The van der Waals surface area contributed by atoms with Crippen LogP contribution >= 0.6 is 11.8 Å². The van der Waals surface area contributed by atoms with E-state index in [2.05, 4.69) is 10.1 Å². The standard InChI is InChI=1S/C11H13N5S/c1-7-9(10(12)13)11(16(2)15-7)17-8-5-3-4-6-14-8/h3-6H,1-2H3,(H3,12,13). The molecule has 0 atom stereocenters. The number of nitrogen functional groups attached to an aromatic ring is 1. The average molecular weight is 247 g/mol. The first-order valence-electron chi connectivity index (χ1n) is 5.06. The number of hydrogen-bond donors (Lipinski definition) is 2. The molecule has 5 nitrogen and oxygen atoms in total. The van der Waals surface area contributed by atoms with Gasteiger partial charge in [0.15, 0.2) is 0 Å². The van der Waals surface area contributed by atoms with Crippen LogP contribution in [0.5, 0.6) is 0 Å². The van der Waals surface area contributed by atoms with Gasteiger partial charge in [0, 0.05) is 13.2 Å². The van der Waals surface area contributed by atoms with E-state index in [1.807, 2.05) is 32.2 Å². The van der Waals surface area contributed by atoms with E-state index in [4.69, 9.17) is 11.1 Å². The summed E-state index contributed by atoms with van der Waals surface area (Å²) < 4.78 is 1.73. The molecule has 0 aliphatic rings. The maximum absolute atomic E-state index is 7.59. The molecule has 0 radical (unpaired) electrons. The molecule has 6 heteroatoms. The number of hydrogen-bond acceptors (Lipinski definition) is 4. The van der Waals surface area contributed by atoms with Gasteiger partial charge >= 0.3 is 0 Å². The molecule has 88 valence electrons. The van der Waals surface area contributed by atoms with Crippen molar-refractivity contribution < 1.29 is 0 Å². The summed E-state index contributed by atoms with van der Waals surface area (Å²) in [6, 6.07) is 5.70. The first kappa shape index (κ1) is 11.7. The Labute approximate surface area is 104 Å². The van der Waals surface area contributed by atoms with Crippen molar-refractivity contribution in [2.24, 2.45) is 12.8 Å². The topological polar surface area (TPSA) is 80.6 Å². The number of nitrogens with two attached hydrogens (primary N) is 1. The highest BCUT2D eigenvalue weighted by molar-refractivity contribution is 7.99. The predicted molar refractivity (Wildman–Crippen MR) is 67.3 cm³/mol. The van der Waals surface area contributed by atoms with E-state index in [0.717, 1.165) is 15.7 Å². The van der Waals surface area contributed by atoms with E-state index < -0.39 is 0 Å². The Hall–Kier alpha value is -1.82. The normalized spacial score (nSPS) is 10.5. The van der Waals surface area contributed by atoms with Crippen LogP contribution in [0.2, 0.25) is 0 Å². The number of rotatable bonds is 3. The van der Waals surface area contributed by atoms with Gasteiger partial charge in [0.25, 0.3) is 0 Å². The van der Waals surface area contributed by atoms with Crippen LogP contribution in [-0.2, 0) is 7.05 Å². The Morgan fingerprint density at radius 2 is 2.24 bits per heavy atom. The van der Waals surface area contributed by atoms with Gasteiger partial charge in [0.1, 0.15) is 15.9 Å². The second-order valence-electron chi connectivity index (χ2n) is 3.57. The lowest BCUT2D eigenvalue weighted by Gasteiger charge is -2.04. The molecule has 0 spiro atoms. The zero-order valence-electron chi connectivity index (χ0n) is 9.64. The average Bonchev–Trinajstić information content (AvgIpc) is 2.55. The molecule has 0 saturated heterocycles. The van der Waals surface area contributed by atoms with Gasteiger partial charge in [0.2, 0.25) is 0 Å². The smallest absolute Gasteiger partial charge is 0.127 e. The molecule has 2 heterocycles. The highest BCUT2D eigenvalue weighted by Crippen LogP contribution is 2.29. The minimum atomic E-state index is 0.0361. The summed E-state index contributed by atoms with van der Waals surface area (Å²) in [6.07, 6.45) is 1.74. The first-order chi connectivity index (χ1) is 8.09. The Kier molecular flexibility index (Phi) is 3.14. The van der Waals surface area contributed by atoms with E-state index in [-0.39, 0.29) is 5.84 Å². The van der Waals surface area contributed by atoms with E-state index in [0.29, 0.717) is 5.56 Å². The third-order valence-electron chi connectivity index (χ3n) is 2.28. The maximum atomic E-state index is 7.59. The van der Waals surface area contributed by atoms with Crippen molar-refractivity contribution in [3.63, 3.8) is 0 Å². The number of nitrogens with zero attached hydrogens (tertiary/aromatic N) is 3. The van der Waals surface area contributed by atoms with Crippen LogP contribution in [0.15, 0.2) is 34.4 Å². The van der Waals surface area contributed by atoms with Gasteiger partial charge in [-0.25, -0.2) is 4.98 Å². The predicted octanol–water partition coefficient (Wildman–Crippen LogP) is 1.56. The molecule has 2 aromatic heterocycles. The van der Waals surface area contributed by atoms with Gasteiger partial charge in [0.05, 0.1) is 11.3 Å². The highest BCUT2D eigenvalue weighted by atomic mass is 32.2. The quantitative estimate of drug-likeness (QED) is 0.637. The Bertz CT molecular complexity index is 546. The van der Waals surface area contributed by atoms with Gasteiger partial charge in [-0.2, -0.15) is 5.10 Å². The summed E-state index contributed by atoms with van der Waals surface area (Å²) in [5.74, 6) is 0.0361. The fourth-order valence-corrected chi connectivity index (χ4v) is 2.56. The molecule has 0 unspecified atom stereocenters. The lowest BCUT2D eigenvalue weighted by atomic mass is 10.2. The monoisotopic (exact) mass is 247 g/mol. The van der Waals surface area contributed by atoms with Gasteiger partial charge in [-0.15, -0.1) is 0 Å². The SMILES string of the molecule is Cc1nn(C)c(Sc2ccccn2)c1C(=N)N. The van der Waals surface area contributed by atoms with Crippen LogP contribution in [0.1, 0.15) is 11.3 Å². The highest BCUT2D eigenvalue weighted by Gasteiger charge is 2.16. The Morgan fingerprint density at radius 3 is 2.82 bits per heavy atom. The second-order valence-corrected chi connectivity index (χ2v) is 4.58. The van der Waals surface area contributed by atoms with Crippen molar-refractivity contribution in [3.05, 3.63) is 35.7 Å². The summed E-state index contributed by atoms with van der Waals surface area (Å²) in [5.41, 5.74) is 7.02. The van der Waals surface area contributed by atoms with Crippen molar-refractivity contribution in [2.75, 3.05) is 0 Å². The summed E-state index contributed by atoms with van der Waals surface area (Å²) in [4.78, 5) is 4.24. The third-order valence-corrected chi connectivity index (χ3v) is 3.39. The molecule has 3 N–H and O–H groups in total. The molecule has 0 aromatic carbocycles. The second kappa shape index (κ2) is 4.58. The maximum Gasteiger partial charge on any atom is 0.127 e. The number of pyridine rings is 1. The molecule has 2 rings (SSSR count). The van der Waals surface area contributed by atoms with Crippen LogP contribution in [0.4, 0.5) is 0 Å². The molecular weight excluding hydrogens is 234 g/mol. The van der Waals surface area contributed by atoms with Crippen molar-refractivity contribution in [3.8, 4) is 0 Å². The van der Waals surface area contributed by atoms with E-state index >= 15 is 0 Å². The number of amidine groups is 1. The van der Waals surface area contributed by atoms with Crippen molar-refractivity contribution in [2.45, 2.75) is 17.0 Å². The van der Waals surface area contributed by atoms with Gasteiger partial charge in [-0.3, -0.25) is 10.1 Å². The molecule has 0 aliphatic carbocycles. The number of nitrogens with one attached hydrogen (secondary N) is 1. The van der Waals surface area contributed by atoms with E-state index in [1.54, 1.807) is 10.9 Å². The molecule has 0 aliphatic heterocycles. The fourth-order valence-electron chi connectivity index (χ4n) is 1.57. The van der Waals surface area contributed by atoms with Crippen molar-refractivity contribution in [1.82, 2.24) is 14.8 Å². The minimum Gasteiger partial charge on any atom is -0.384 e. The third kappa shape index (κ3) is 2.31. The summed E-state index contributed by atoms with van der Waals surface area (Å²) in [7, 11) is 1.84. The van der Waals surface area contributed by atoms with Crippen LogP contribution in [-0.4, -0.2) is 20.6 Å². The molecule has 0 fully saturated rings. The molecule has 0 amide bonds. The summed E-state index contributed by atoms with van der Waals surface area (Å²) >= 11 is 1.46. The van der Waals surface area contributed by atoms with Gasteiger partial charge in [-0.1, -0.05) is 6.07 Å². The van der Waals surface area contributed by atoms with Crippen LogP contribution in [0, 0.1) is 12.3 Å². The molecule has 0 saturated carbocycles. The van der Waals surface area contributed by atoms with E-state index in [1.165, 1.54) is 11.8 Å². The van der Waals surface area contributed by atoms with Crippen LogP contribution < -0.4 is 5.73 Å².